The number of hydrogen-bond donors (Lipinski definition) is 1. The number of hydrogen-bond acceptors (Lipinski definition) is 3. The molecule has 7 heteroatoms. The largest absolute Gasteiger partial charge is 0.483 e. The van der Waals surface area contributed by atoms with E-state index in [4.69, 9.17) is 16.3 Å². The fourth-order valence-corrected chi connectivity index (χ4v) is 4.77. The molecule has 3 rings (SSSR count). The Morgan fingerprint density at radius 2 is 1.68 bits per heavy atom. The molecule has 0 saturated heterocycles. The average molecular weight is 600 g/mol. The summed E-state index contributed by atoms with van der Waals surface area (Å²) in [6.07, 6.45) is 1.16. The fourth-order valence-electron chi connectivity index (χ4n) is 4.04. The van der Waals surface area contributed by atoms with Gasteiger partial charge < -0.3 is 15.0 Å². The zero-order valence-corrected chi connectivity index (χ0v) is 24.8. The molecule has 5 nitrogen and oxygen atoms in total. The smallest absolute Gasteiger partial charge is 0.261 e. The van der Waals surface area contributed by atoms with Crippen LogP contribution in [0.5, 0.6) is 5.75 Å². The Morgan fingerprint density at radius 3 is 2.32 bits per heavy atom. The lowest BCUT2D eigenvalue weighted by molar-refractivity contribution is -0.143. The zero-order valence-electron chi connectivity index (χ0n) is 22.4. The number of rotatable bonds is 12. The topological polar surface area (TPSA) is 58.6 Å². The van der Waals surface area contributed by atoms with Gasteiger partial charge in [-0.15, -0.1) is 0 Å². The highest BCUT2D eigenvalue weighted by Gasteiger charge is 2.31. The van der Waals surface area contributed by atoms with Gasteiger partial charge in [-0.3, -0.25) is 9.59 Å². The molecule has 0 unspecified atom stereocenters. The summed E-state index contributed by atoms with van der Waals surface area (Å²) in [5.41, 5.74) is 2.97. The summed E-state index contributed by atoms with van der Waals surface area (Å²) in [5, 5.41) is 3.65. The molecule has 0 bridgehead atoms. The molecular formula is C31H36BrClN2O3. The third-order valence-corrected chi connectivity index (χ3v) is 7.34. The molecule has 0 aliphatic heterocycles. The number of carbonyl (C=O) groups excluding carboxylic acids is 2. The van der Waals surface area contributed by atoms with E-state index in [9.17, 15) is 9.59 Å². The van der Waals surface area contributed by atoms with Gasteiger partial charge in [-0.1, -0.05) is 80.9 Å². The van der Waals surface area contributed by atoms with Gasteiger partial charge in [0.15, 0.2) is 6.61 Å². The highest BCUT2D eigenvalue weighted by molar-refractivity contribution is 9.10. The van der Waals surface area contributed by atoms with Gasteiger partial charge in [0.05, 0.1) is 4.47 Å². The maximum absolute atomic E-state index is 13.8. The van der Waals surface area contributed by atoms with Crippen molar-refractivity contribution in [3.8, 4) is 5.75 Å². The first-order valence-corrected chi connectivity index (χ1v) is 14.2. The Morgan fingerprint density at radius 1 is 0.974 bits per heavy atom. The minimum atomic E-state index is -0.728. The summed E-state index contributed by atoms with van der Waals surface area (Å²) < 4.78 is 6.75. The van der Waals surface area contributed by atoms with Crippen molar-refractivity contribution in [2.45, 2.75) is 65.1 Å². The van der Waals surface area contributed by atoms with E-state index in [-0.39, 0.29) is 31.0 Å². The lowest BCUT2D eigenvalue weighted by Gasteiger charge is -2.32. The van der Waals surface area contributed by atoms with E-state index in [1.165, 1.54) is 5.56 Å². The molecule has 1 N–H and O–H groups in total. The number of halogens is 2. The molecule has 0 aliphatic carbocycles. The highest BCUT2D eigenvalue weighted by Crippen LogP contribution is 2.29. The van der Waals surface area contributed by atoms with Gasteiger partial charge in [-0.05, 0) is 76.1 Å². The molecule has 0 fully saturated rings. The van der Waals surface area contributed by atoms with E-state index < -0.39 is 6.04 Å². The highest BCUT2D eigenvalue weighted by atomic mass is 79.9. The normalized spacial score (nSPS) is 12.6. The maximum Gasteiger partial charge on any atom is 0.261 e. The van der Waals surface area contributed by atoms with E-state index >= 15 is 0 Å². The van der Waals surface area contributed by atoms with Crippen molar-refractivity contribution in [1.82, 2.24) is 10.2 Å². The van der Waals surface area contributed by atoms with Crippen LogP contribution in [0.15, 0.2) is 77.3 Å². The Balaban J connectivity index is 1.91. The van der Waals surface area contributed by atoms with Crippen LogP contribution in [0.1, 0.15) is 56.7 Å². The van der Waals surface area contributed by atoms with Crippen molar-refractivity contribution in [2.24, 2.45) is 0 Å². The first-order valence-electron chi connectivity index (χ1n) is 13.0. The van der Waals surface area contributed by atoms with Gasteiger partial charge in [0.25, 0.3) is 5.91 Å². The molecule has 0 radical (unpaired) electrons. The number of amides is 2. The predicted molar refractivity (Wildman–Crippen MR) is 158 cm³/mol. The van der Waals surface area contributed by atoms with Crippen molar-refractivity contribution in [3.63, 3.8) is 0 Å². The van der Waals surface area contributed by atoms with E-state index in [1.54, 1.807) is 11.0 Å². The van der Waals surface area contributed by atoms with Crippen molar-refractivity contribution >= 4 is 39.3 Å². The molecule has 0 spiro atoms. The van der Waals surface area contributed by atoms with Crippen molar-refractivity contribution in [2.75, 3.05) is 6.61 Å². The van der Waals surface area contributed by atoms with Crippen LogP contribution in [0.4, 0.5) is 0 Å². The molecule has 38 heavy (non-hydrogen) atoms. The van der Waals surface area contributed by atoms with Crippen LogP contribution in [0.2, 0.25) is 5.02 Å². The molecule has 0 saturated carbocycles. The van der Waals surface area contributed by atoms with E-state index in [0.29, 0.717) is 23.1 Å². The lowest BCUT2D eigenvalue weighted by Crippen LogP contribution is -2.53. The van der Waals surface area contributed by atoms with Crippen LogP contribution in [0.3, 0.4) is 0 Å². The van der Waals surface area contributed by atoms with Gasteiger partial charge in [0.1, 0.15) is 11.8 Å². The van der Waals surface area contributed by atoms with Crippen LogP contribution >= 0.6 is 27.5 Å². The molecule has 3 aromatic rings. The van der Waals surface area contributed by atoms with Crippen LogP contribution in [-0.4, -0.2) is 35.4 Å². The van der Waals surface area contributed by atoms with Gasteiger partial charge >= 0.3 is 0 Å². The van der Waals surface area contributed by atoms with Crippen molar-refractivity contribution in [3.05, 3.63) is 99.0 Å². The molecule has 0 aliphatic rings. The summed E-state index contributed by atoms with van der Waals surface area (Å²) in [7, 11) is 0. The lowest BCUT2D eigenvalue weighted by atomic mass is 10.0. The number of nitrogens with zero attached hydrogens (tertiary/aromatic N) is 1. The number of nitrogens with one attached hydrogen (secondary N) is 1. The number of benzene rings is 3. The molecule has 0 heterocycles. The van der Waals surface area contributed by atoms with Gasteiger partial charge in [-0.2, -0.15) is 0 Å². The van der Waals surface area contributed by atoms with Crippen molar-refractivity contribution in [1.29, 1.82) is 0 Å². The second-order valence-corrected chi connectivity index (χ2v) is 11.1. The number of carbonyl (C=O) groups is 2. The van der Waals surface area contributed by atoms with Crippen LogP contribution < -0.4 is 10.1 Å². The SMILES string of the molecule is CC[C@@H](C)NC(=O)[C@H](Cc1ccccc1)N(Cc1cccc(Cl)c1)C(=O)COc1ccc(C(C)C)cc1Br. The predicted octanol–water partition coefficient (Wildman–Crippen LogP) is 7.16. The second kappa shape index (κ2) is 14.4. The van der Waals surface area contributed by atoms with Crippen molar-refractivity contribution < 1.29 is 14.3 Å². The third kappa shape index (κ3) is 8.60. The first kappa shape index (κ1) is 29.7. The van der Waals surface area contributed by atoms with Gasteiger partial charge in [-0.25, -0.2) is 0 Å². The molecule has 3 aromatic carbocycles. The van der Waals surface area contributed by atoms with Gasteiger partial charge in [0.2, 0.25) is 5.91 Å². The first-order chi connectivity index (χ1) is 18.2. The molecule has 202 valence electrons. The maximum atomic E-state index is 13.8. The van der Waals surface area contributed by atoms with Gasteiger partial charge in [0, 0.05) is 24.0 Å². The van der Waals surface area contributed by atoms with Crippen LogP contribution in [0.25, 0.3) is 0 Å². The summed E-state index contributed by atoms with van der Waals surface area (Å²) >= 11 is 9.82. The minimum absolute atomic E-state index is 0.0180. The molecule has 2 atom stereocenters. The quantitative estimate of drug-likeness (QED) is 0.240. The molecule has 2 amide bonds. The number of ether oxygens (including phenoxy) is 1. The summed E-state index contributed by atoms with van der Waals surface area (Å²) in [4.78, 5) is 28.9. The standard InChI is InChI=1S/C31H36BrClN2O3/c1-5-22(4)34-31(37)28(17-23-10-7-6-8-11-23)35(19-24-12-9-13-26(33)16-24)30(36)20-38-29-15-14-25(21(2)3)18-27(29)32/h6-16,18,21-22,28H,5,17,19-20H2,1-4H3,(H,34,37)/t22-,28+/m1/s1. The Hall–Kier alpha value is -2.83. The average Bonchev–Trinajstić information content (AvgIpc) is 2.90. The summed E-state index contributed by atoms with van der Waals surface area (Å²) in [6.45, 7) is 8.24. The van der Waals surface area contributed by atoms with E-state index in [0.717, 1.165) is 22.0 Å². The zero-order chi connectivity index (χ0) is 27.7. The summed E-state index contributed by atoms with van der Waals surface area (Å²) in [6, 6.07) is 22.2. The molecule has 0 aromatic heterocycles. The van der Waals surface area contributed by atoms with Crippen LogP contribution in [0, 0.1) is 0 Å². The minimum Gasteiger partial charge on any atom is -0.483 e. The Kier molecular flexibility index (Phi) is 11.2. The third-order valence-electron chi connectivity index (χ3n) is 6.49. The summed E-state index contributed by atoms with van der Waals surface area (Å²) in [5.74, 6) is 0.471. The monoisotopic (exact) mass is 598 g/mol. The Bertz CT molecular complexity index is 1220. The van der Waals surface area contributed by atoms with E-state index in [2.05, 4.69) is 35.1 Å². The van der Waals surface area contributed by atoms with Crippen LogP contribution in [-0.2, 0) is 22.6 Å². The Labute approximate surface area is 239 Å². The second-order valence-electron chi connectivity index (χ2n) is 9.81. The molecular weight excluding hydrogens is 564 g/mol. The van der Waals surface area contributed by atoms with E-state index in [1.807, 2.05) is 80.6 Å². The fraction of sp³-hybridized carbons (Fsp3) is 0.355.